The van der Waals surface area contributed by atoms with Gasteiger partial charge in [0.25, 0.3) is 0 Å². The average molecular weight is 423 g/mol. The second-order valence-electron chi connectivity index (χ2n) is 6.52. The normalized spacial score (nSPS) is 13.2. The second-order valence-corrected chi connectivity index (χ2v) is 8.99. The van der Waals surface area contributed by atoms with Crippen molar-refractivity contribution in [2.24, 2.45) is 4.99 Å². The smallest absolute Gasteiger partial charge is 0.195 e. The van der Waals surface area contributed by atoms with Gasteiger partial charge in [0, 0.05) is 30.2 Å². The number of nitrogens with one attached hydrogen (secondary N) is 3. The molecule has 2 aromatic carbocycles. The van der Waals surface area contributed by atoms with E-state index in [0.29, 0.717) is 6.54 Å². The van der Waals surface area contributed by atoms with Crippen molar-refractivity contribution in [3.8, 4) is 0 Å². The van der Waals surface area contributed by atoms with Crippen molar-refractivity contribution >= 4 is 39.6 Å². The molecule has 0 fully saturated rings. The number of hydrogen-bond donors (Lipinski definition) is 3. The number of anilines is 2. The highest BCUT2D eigenvalue weighted by Gasteiger charge is 2.07. The molecule has 1 aliphatic heterocycles. The maximum absolute atomic E-state index is 11.5. The molecule has 1 heterocycles. The van der Waals surface area contributed by atoms with Crippen molar-refractivity contribution in [3.63, 3.8) is 0 Å². The van der Waals surface area contributed by atoms with E-state index in [1.54, 1.807) is 6.92 Å². The Morgan fingerprint density at radius 2 is 1.61 bits per heavy atom. The van der Waals surface area contributed by atoms with Gasteiger partial charge in [-0.05, 0) is 41.8 Å². The van der Waals surface area contributed by atoms with Crippen LogP contribution >= 0.6 is 12.4 Å². The summed E-state index contributed by atoms with van der Waals surface area (Å²) in [7, 11) is -2.93. The lowest BCUT2D eigenvalue weighted by Crippen LogP contribution is -2.26. The van der Waals surface area contributed by atoms with Gasteiger partial charge in [-0.3, -0.25) is 4.99 Å². The summed E-state index contributed by atoms with van der Waals surface area (Å²) >= 11 is 0. The van der Waals surface area contributed by atoms with E-state index < -0.39 is 9.84 Å². The van der Waals surface area contributed by atoms with E-state index in [0.717, 1.165) is 36.8 Å². The molecule has 1 aliphatic rings. The van der Waals surface area contributed by atoms with Crippen LogP contribution in [0.4, 0.5) is 11.4 Å². The van der Waals surface area contributed by atoms with Crippen LogP contribution in [0.3, 0.4) is 0 Å². The lowest BCUT2D eigenvalue weighted by molar-refractivity contribution is 0.597. The Morgan fingerprint density at radius 1 is 1.00 bits per heavy atom. The zero-order chi connectivity index (χ0) is 19.1. The first kappa shape index (κ1) is 22.0. The Bertz CT molecular complexity index is 881. The van der Waals surface area contributed by atoms with Crippen molar-refractivity contribution in [2.45, 2.75) is 13.3 Å². The lowest BCUT2D eigenvalue weighted by atomic mass is 10.0. The minimum Gasteiger partial charge on any atom is -0.384 e. The van der Waals surface area contributed by atoms with Gasteiger partial charge in [0.1, 0.15) is 0 Å². The third kappa shape index (κ3) is 6.73. The summed E-state index contributed by atoms with van der Waals surface area (Å²) in [6.45, 7) is 3.82. The van der Waals surface area contributed by atoms with E-state index >= 15 is 0 Å². The first-order valence-electron chi connectivity index (χ1n) is 9.21. The number of halogens is 1. The molecule has 3 N–H and O–H groups in total. The van der Waals surface area contributed by atoms with E-state index in [4.69, 9.17) is 0 Å². The second kappa shape index (κ2) is 10.3. The predicted octanol–water partition coefficient (Wildman–Crippen LogP) is 2.92. The van der Waals surface area contributed by atoms with Crippen LogP contribution in [0.1, 0.15) is 18.1 Å². The van der Waals surface area contributed by atoms with Crippen LogP contribution in [-0.2, 0) is 16.3 Å². The van der Waals surface area contributed by atoms with Gasteiger partial charge in [-0.2, -0.15) is 0 Å². The summed E-state index contributed by atoms with van der Waals surface area (Å²) in [4.78, 5) is 4.32. The average Bonchev–Trinajstić information content (AvgIpc) is 3.18. The lowest BCUT2D eigenvalue weighted by Gasteiger charge is -2.09. The SMILES string of the molecule is CCS(=O)(=O)CCNc1ccc(Cc2ccc(NC3=NCCN3)cc2)cc1.Cl. The van der Waals surface area contributed by atoms with Gasteiger partial charge < -0.3 is 16.0 Å². The van der Waals surface area contributed by atoms with Crippen LogP contribution in [0, 0.1) is 0 Å². The monoisotopic (exact) mass is 422 g/mol. The molecule has 0 aromatic heterocycles. The van der Waals surface area contributed by atoms with E-state index in [9.17, 15) is 8.42 Å². The quantitative estimate of drug-likeness (QED) is 0.609. The van der Waals surface area contributed by atoms with Crippen molar-refractivity contribution in [1.29, 1.82) is 0 Å². The molecule has 0 radical (unpaired) electrons. The molecule has 0 spiro atoms. The van der Waals surface area contributed by atoms with Gasteiger partial charge in [0.15, 0.2) is 15.8 Å². The molecule has 0 aliphatic carbocycles. The van der Waals surface area contributed by atoms with Crippen LogP contribution in [0.15, 0.2) is 53.5 Å². The van der Waals surface area contributed by atoms with Crippen molar-refractivity contribution in [1.82, 2.24) is 5.32 Å². The summed E-state index contributed by atoms with van der Waals surface area (Å²) in [5.41, 5.74) is 4.41. The van der Waals surface area contributed by atoms with Crippen LogP contribution in [-0.4, -0.2) is 45.5 Å². The molecule has 0 saturated carbocycles. The number of sulfone groups is 1. The Labute approximate surface area is 173 Å². The maximum atomic E-state index is 11.5. The van der Waals surface area contributed by atoms with Gasteiger partial charge in [0.05, 0.1) is 12.3 Å². The topological polar surface area (TPSA) is 82.6 Å². The fourth-order valence-corrected chi connectivity index (χ4v) is 3.50. The minimum atomic E-state index is -2.93. The van der Waals surface area contributed by atoms with E-state index in [1.165, 1.54) is 11.1 Å². The van der Waals surface area contributed by atoms with Gasteiger partial charge in [-0.1, -0.05) is 31.2 Å². The molecule has 0 saturated heterocycles. The molecule has 0 atom stereocenters. The molecule has 28 heavy (non-hydrogen) atoms. The zero-order valence-corrected chi connectivity index (χ0v) is 17.6. The Balaban J connectivity index is 0.00000280. The Kier molecular flexibility index (Phi) is 8.14. The first-order chi connectivity index (χ1) is 13.0. The highest BCUT2D eigenvalue weighted by molar-refractivity contribution is 7.91. The summed E-state index contributed by atoms with van der Waals surface area (Å²) < 4.78 is 23.0. The first-order valence-corrected chi connectivity index (χ1v) is 11.0. The van der Waals surface area contributed by atoms with Crippen LogP contribution in [0.5, 0.6) is 0 Å². The molecule has 2 aromatic rings. The molecule has 6 nitrogen and oxygen atoms in total. The van der Waals surface area contributed by atoms with Gasteiger partial charge in [-0.25, -0.2) is 8.42 Å². The largest absolute Gasteiger partial charge is 0.384 e. The van der Waals surface area contributed by atoms with E-state index in [-0.39, 0.29) is 23.9 Å². The Hall–Kier alpha value is -2.25. The number of benzene rings is 2. The molecule has 3 rings (SSSR count). The van der Waals surface area contributed by atoms with E-state index in [2.05, 4.69) is 57.3 Å². The zero-order valence-electron chi connectivity index (χ0n) is 15.9. The summed E-state index contributed by atoms with van der Waals surface area (Å²) in [5.74, 6) is 1.18. The predicted molar refractivity (Wildman–Crippen MR) is 120 cm³/mol. The standard InChI is InChI=1S/C20H26N4O2S.ClH/c1-2-27(25,26)14-13-21-18-7-3-16(4-8-18)15-17-5-9-19(10-6-17)24-20-22-11-12-23-20;/h3-10,21H,2,11-15H2,1H3,(H2,22,23,24);1H. The molecular formula is C20H27ClN4O2S. The van der Waals surface area contributed by atoms with Crippen LogP contribution < -0.4 is 16.0 Å². The highest BCUT2D eigenvalue weighted by Crippen LogP contribution is 2.16. The molecular weight excluding hydrogens is 396 g/mol. The summed E-state index contributed by atoms with van der Waals surface area (Å²) in [6.07, 6.45) is 0.851. The molecule has 0 amide bonds. The highest BCUT2D eigenvalue weighted by atomic mass is 35.5. The molecule has 0 unspecified atom stereocenters. The van der Waals surface area contributed by atoms with Crippen molar-refractivity contribution < 1.29 is 8.42 Å². The van der Waals surface area contributed by atoms with Crippen LogP contribution in [0.2, 0.25) is 0 Å². The minimum absolute atomic E-state index is 0. The number of hydrogen-bond acceptors (Lipinski definition) is 6. The van der Waals surface area contributed by atoms with Crippen molar-refractivity contribution in [2.75, 3.05) is 41.8 Å². The molecule has 0 bridgehead atoms. The summed E-state index contributed by atoms with van der Waals surface area (Å²) in [5, 5.41) is 9.62. The third-order valence-corrected chi connectivity index (χ3v) is 6.14. The number of rotatable bonds is 8. The number of aliphatic imine (C=N–C) groups is 1. The van der Waals surface area contributed by atoms with Gasteiger partial charge in [-0.15, -0.1) is 12.4 Å². The van der Waals surface area contributed by atoms with Gasteiger partial charge >= 0.3 is 0 Å². The maximum Gasteiger partial charge on any atom is 0.195 e. The third-order valence-electron chi connectivity index (χ3n) is 4.44. The van der Waals surface area contributed by atoms with E-state index in [1.807, 2.05) is 12.1 Å². The molecule has 8 heteroatoms. The number of nitrogens with zero attached hydrogens (tertiary/aromatic N) is 1. The Morgan fingerprint density at radius 3 is 2.14 bits per heavy atom. The fraction of sp³-hybridized carbons (Fsp3) is 0.350. The van der Waals surface area contributed by atoms with Crippen LogP contribution in [0.25, 0.3) is 0 Å². The summed E-state index contributed by atoms with van der Waals surface area (Å²) in [6, 6.07) is 16.5. The number of guanidine groups is 1. The fourth-order valence-electron chi connectivity index (χ4n) is 2.80. The van der Waals surface area contributed by atoms with Crippen molar-refractivity contribution in [3.05, 3.63) is 59.7 Å². The van der Waals surface area contributed by atoms with Gasteiger partial charge in [0.2, 0.25) is 0 Å². The molecule has 152 valence electrons.